The van der Waals surface area contributed by atoms with Crippen LogP contribution in [-0.4, -0.2) is 33.5 Å². The van der Waals surface area contributed by atoms with E-state index in [1.54, 1.807) is 13.0 Å². The molecule has 0 fully saturated rings. The molecule has 0 aliphatic rings. The number of nitrogens with one attached hydrogen (secondary N) is 1. The monoisotopic (exact) mass is 419 g/mol. The molecule has 0 radical (unpaired) electrons. The number of carbonyl (C=O) groups is 1. The van der Waals surface area contributed by atoms with Crippen molar-refractivity contribution in [3.63, 3.8) is 0 Å². The highest BCUT2D eigenvalue weighted by Crippen LogP contribution is 2.28. The number of furan rings is 1. The van der Waals surface area contributed by atoms with Gasteiger partial charge in [-0.25, -0.2) is 9.78 Å². The molecule has 0 atom stereocenters. The van der Waals surface area contributed by atoms with E-state index in [9.17, 15) is 9.59 Å². The van der Waals surface area contributed by atoms with E-state index >= 15 is 0 Å². The summed E-state index contributed by atoms with van der Waals surface area (Å²) in [7, 11) is 0. The van der Waals surface area contributed by atoms with E-state index in [-0.39, 0.29) is 24.0 Å². The molecular formula is C24H25N3O4. The van der Waals surface area contributed by atoms with E-state index in [1.165, 1.54) is 0 Å². The first-order valence-electron chi connectivity index (χ1n) is 10.4. The highest BCUT2D eigenvalue weighted by molar-refractivity contribution is 5.96. The maximum absolute atomic E-state index is 12.5. The van der Waals surface area contributed by atoms with E-state index in [4.69, 9.17) is 9.15 Å². The summed E-state index contributed by atoms with van der Waals surface area (Å²) in [6.45, 7) is 7.02. The zero-order valence-electron chi connectivity index (χ0n) is 17.8. The van der Waals surface area contributed by atoms with Crippen LogP contribution in [0.15, 0.2) is 57.7 Å². The molecule has 0 aliphatic carbocycles. The summed E-state index contributed by atoms with van der Waals surface area (Å²) in [4.78, 5) is 34.7. The smallest absolute Gasteiger partial charge is 0.374 e. The number of rotatable bonds is 7. The van der Waals surface area contributed by atoms with E-state index in [0.29, 0.717) is 35.4 Å². The van der Waals surface area contributed by atoms with Gasteiger partial charge in [-0.1, -0.05) is 30.3 Å². The number of esters is 1. The third-order valence-corrected chi connectivity index (χ3v) is 5.27. The van der Waals surface area contributed by atoms with Crippen LogP contribution in [0.3, 0.4) is 0 Å². The van der Waals surface area contributed by atoms with Crippen molar-refractivity contribution in [1.29, 1.82) is 0 Å². The Morgan fingerprint density at radius 3 is 2.55 bits per heavy atom. The first-order valence-corrected chi connectivity index (χ1v) is 10.4. The molecule has 1 N–H and O–H groups in total. The second-order valence-electron chi connectivity index (χ2n) is 7.65. The van der Waals surface area contributed by atoms with Gasteiger partial charge >= 0.3 is 5.97 Å². The average molecular weight is 419 g/mol. The fourth-order valence-corrected chi connectivity index (χ4v) is 3.64. The quantitative estimate of drug-likeness (QED) is 0.451. The van der Waals surface area contributed by atoms with Crippen molar-refractivity contribution < 1.29 is 13.9 Å². The molecule has 4 aromatic rings. The molecule has 2 aromatic heterocycles. The van der Waals surface area contributed by atoms with Crippen LogP contribution in [0.4, 0.5) is 0 Å². The number of fused-ring (bicyclic) bond motifs is 2. The van der Waals surface area contributed by atoms with E-state index in [2.05, 4.69) is 28.7 Å². The number of aromatic nitrogens is 2. The maximum atomic E-state index is 12.5. The van der Waals surface area contributed by atoms with E-state index in [0.717, 1.165) is 10.9 Å². The topological polar surface area (TPSA) is 88.4 Å². The van der Waals surface area contributed by atoms with Crippen molar-refractivity contribution in [2.45, 2.75) is 39.9 Å². The number of hydrogen-bond acceptors (Lipinski definition) is 6. The molecule has 0 amide bonds. The fourth-order valence-electron chi connectivity index (χ4n) is 3.64. The molecule has 0 bridgehead atoms. The number of hydrogen-bond donors (Lipinski definition) is 1. The van der Waals surface area contributed by atoms with Gasteiger partial charge in [-0.05, 0) is 39.0 Å². The van der Waals surface area contributed by atoms with Gasteiger partial charge in [0.05, 0.1) is 24.1 Å². The van der Waals surface area contributed by atoms with Gasteiger partial charge in [0.2, 0.25) is 5.76 Å². The normalized spacial score (nSPS) is 11.6. The minimum atomic E-state index is -0.477. The third-order valence-electron chi connectivity index (χ3n) is 5.27. The van der Waals surface area contributed by atoms with Crippen molar-refractivity contribution in [3.8, 4) is 0 Å². The van der Waals surface area contributed by atoms with Crippen LogP contribution >= 0.6 is 0 Å². The van der Waals surface area contributed by atoms with Crippen molar-refractivity contribution in [2.75, 3.05) is 6.61 Å². The Balaban J connectivity index is 1.71. The molecule has 0 unspecified atom stereocenters. The van der Waals surface area contributed by atoms with Gasteiger partial charge in [0.25, 0.3) is 5.56 Å². The Labute approximate surface area is 179 Å². The summed E-state index contributed by atoms with van der Waals surface area (Å²) in [5.41, 5.74) is 1.91. The zero-order chi connectivity index (χ0) is 22.0. The van der Waals surface area contributed by atoms with Crippen LogP contribution in [0.5, 0.6) is 0 Å². The van der Waals surface area contributed by atoms with Crippen molar-refractivity contribution in [2.24, 2.45) is 0 Å². The standard InChI is InChI=1S/C24H25N3O4/c1-4-30-24(29)22-18(16-9-6-8-12-20(16)31-22)13-27(15(2)3)14-21-25-19-11-7-5-10-17(19)23(28)26-21/h5-12,15H,4,13-14H2,1-3H3,(H,25,26,28). The van der Waals surface area contributed by atoms with Gasteiger partial charge in [0.15, 0.2) is 0 Å². The number of benzene rings is 2. The predicted octanol–water partition coefficient (Wildman–Crippen LogP) is 4.26. The van der Waals surface area contributed by atoms with Crippen LogP contribution < -0.4 is 5.56 Å². The van der Waals surface area contributed by atoms with Gasteiger partial charge < -0.3 is 14.1 Å². The fraction of sp³-hybridized carbons (Fsp3) is 0.292. The summed E-state index contributed by atoms with van der Waals surface area (Å²) in [6, 6.07) is 15.0. The van der Waals surface area contributed by atoms with Crippen LogP contribution in [0, 0.1) is 0 Å². The van der Waals surface area contributed by atoms with Crippen LogP contribution in [0.25, 0.3) is 21.9 Å². The summed E-state index contributed by atoms with van der Waals surface area (Å²) in [5.74, 6) is 0.311. The Morgan fingerprint density at radius 2 is 1.81 bits per heavy atom. The molecule has 31 heavy (non-hydrogen) atoms. The maximum Gasteiger partial charge on any atom is 0.374 e. The molecule has 7 nitrogen and oxygen atoms in total. The first-order chi connectivity index (χ1) is 15.0. The second-order valence-corrected chi connectivity index (χ2v) is 7.65. The van der Waals surface area contributed by atoms with Crippen LogP contribution in [0.1, 0.15) is 42.7 Å². The molecule has 4 rings (SSSR count). The molecule has 160 valence electrons. The summed E-state index contributed by atoms with van der Waals surface area (Å²) in [6.07, 6.45) is 0. The molecule has 0 aliphatic heterocycles. The Morgan fingerprint density at radius 1 is 1.10 bits per heavy atom. The highest BCUT2D eigenvalue weighted by atomic mass is 16.5. The Hall–Kier alpha value is -3.45. The van der Waals surface area contributed by atoms with Gasteiger partial charge in [0, 0.05) is 23.5 Å². The lowest BCUT2D eigenvalue weighted by Gasteiger charge is -2.26. The summed E-state index contributed by atoms with van der Waals surface area (Å²) in [5, 5.41) is 1.43. The second kappa shape index (κ2) is 8.73. The number of H-pyrrole nitrogens is 1. The Kier molecular flexibility index (Phi) is 5.86. The largest absolute Gasteiger partial charge is 0.460 e. The molecule has 7 heteroatoms. The van der Waals surface area contributed by atoms with E-state index < -0.39 is 5.97 Å². The van der Waals surface area contributed by atoms with Crippen LogP contribution in [0.2, 0.25) is 0 Å². The van der Waals surface area contributed by atoms with Gasteiger partial charge in [-0.2, -0.15) is 0 Å². The minimum Gasteiger partial charge on any atom is -0.460 e. The number of carbonyl (C=O) groups excluding carboxylic acids is 1. The number of para-hydroxylation sites is 2. The lowest BCUT2D eigenvalue weighted by molar-refractivity contribution is 0.0488. The van der Waals surface area contributed by atoms with Gasteiger partial charge in [-0.3, -0.25) is 9.69 Å². The van der Waals surface area contributed by atoms with Crippen molar-refractivity contribution in [1.82, 2.24) is 14.9 Å². The highest BCUT2D eigenvalue weighted by Gasteiger charge is 2.24. The Bertz CT molecular complexity index is 1290. The summed E-state index contributed by atoms with van der Waals surface area (Å²) < 4.78 is 11.1. The lowest BCUT2D eigenvalue weighted by atomic mass is 10.1. The molecule has 2 aromatic carbocycles. The van der Waals surface area contributed by atoms with Crippen molar-refractivity contribution in [3.05, 3.63) is 76.0 Å². The zero-order valence-corrected chi connectivity index (χ0v) is 17.8. The molecular weight excluding hydrogens is 394 g/mol. The summed E-state index contributed by atoms with van der Waals surface area (Å²) >= 11 is 0. The molecule has 2 heterocycles. The minimum absolute atomic E-state index is 0.125. The SMILES string of the molecule is CCOC(=O)c1oc2ccccc2c1CN(Cc1nc2ccccc2c(=O)[nH]1)C(C)C. The third kappa shape index (κ3) is 4.22. The van der Waals surface area contributed by atoms with Gasteiger partial charge in [0.1, 0.15) is 11.4 Å². The predicted molar refractivity (Wildman–Crippen MR) is 119 cm³/mol. The van der Waals surface area contributed by atoms with Crippen LogP contribution in [-0.2, 0) is 17.8 Å². The first kappa shape index (κ1) is 20.8. The lowest BCUT2D eigenvalue weighted by Crippen LogP contribution is -2.32. The van der Waals surface area contributed by atoms with Gasteiger partial charge in [-0.15, -0.1) is 0 Å². The number of nitrogens with zero attached hydrogens (tertiary/aromatic N) is 2. The van der Waals surface area contributed by atoms with Crippen molar-refractivity contribution >= 4 is 27.8 Å². The number of aromatic amines is 1. The average Bonchev–Trinajstić information content (AvgIpc) is 3.12. The number of ether oxygens (including phenoxy) is 1. The molecule has 0 saturated carbocycles. The molecule has 0 saturated heterocycles. The van der Waals surface area contributed by atoms with E-state index in [1.807, 2.05) is 42.5 Å². The molecule has 0 spiro atoms.